The number of fused-ring (bicyclic) bond motifs is 3. The number of carbonyl (C=O) groups excluding carboxylic acids is 1. The maximum Gasteiger partial charge on any atom is 0.207 e. The number of ether oxygens (including phenoxy) is 3. The van der Waals surface area contributed by atoms with E-state index in [1.54, 1.807) is 33.5 Å². The van der Waals surface area contributed by atoms with E-state index in [1.165, 1.54) is 6.07 Å². The van der Waals surface area contributed by atoms with Gasteiger partial charge in [-0.25, -0.2) is 0 Å². The summed E-state index contributed by atoms with van der Waals surface area (Å²) in [4.78, 5) is 23.2. The summed E-state index contributed by atoms with van der Waals surface area (Å²) in [5, 5.41) is 2.83. The van der Waals surface area contributed by atoms with E-state index in [0.717, 1.165) is 22.3 Å². The maximum atomic E-state index is 12.1. The Morgan fingerprint density at radius 3 is 2.50 bits per heavy atom. The van der Waals surface area contributed by atoms with Crippen molar-refractivity contribution in [1.82, 2.24) is 5.32 Å². The molecule has 2 aromatic carbocycles. The molecular weight excluding hydrogens is 334 g/mol. The van der Waals surface area contributed by atoms with Crippen LogP contribution >= 0.6 is 0 Å². The molecule has 0 bridgehead atoms. The van der Waals surface area contributed by atoms with E-state index in [-0.39, 0.29) is 11.5 Å². The third-order valence-electron chi connectivity index (χ3n) is 4.66. The van der Waals surface area contributed by atoms with Crippen molar-refractivity contribution < 1.29 is 19.0 Å². The standard InChI is InChI=1S/C20H21NO5/c1-24-17-9-12-7-8-16(21-11-22)15-10-13(23)5-4-6-14(15)18(12)20(26-3)19(17)25-2/h4-6,9-11,16H,7-8H2,1-3H3,(H,21,22)/t16-/m0/s1. The highest BCUT2D eigenvalue weighted by molar-refractivity contribution is 5.82. The second-order valence-corrected chi connectivity index (χ2v) is 6.00. The number of hydrogen-bond donors (Lipinski definition) is 1. The van der Waals surface area contributed by atoms with Crippen LogP contribution in [0.15, 0.2) is 35.1 Å². The molecule has 0 fully saturated rings. The zero-order valence-corrected chi connectivity index (χ0v) is 15.0. The largest absolute Gasteiger partial charge is 0.493 e. The summed E-state index contributed by atoms with van der Waals surface area (Å²) >= 11 is 0. The third-order valence-corrected chi connectivity index (χ3v) is 4.66. The lowest BCUT2D eigenvalue weighted by atomic mass is 9.95. The molecular formula is C20H21NO5. The molecule has 6 nitrogen and oxygen atoms in total. The zero-order chi connectivity index (χ0) is 18.7. The summed E-state index contributed by atoms with van der Waals surface area (Å²) in [7, 11) is 4.71. The Labute approximate surface area is 151 Å². The van der Waals surface area contributed by atoms with Crippen molar-refractivity contribution in [3.63, 3.8) is 0 Å². The molecule has 1 amide bonds. The quantitative estimate of drug-likeness (QED) is 0.834. The lowest BCUT2D eigenvalue weighted by Gasteiger charge is -2.19. The number of aryl methyl sites for hydroxylation is 1. The molecule has 0 radical (unpaired) electrons. The molecule has 2 aromatic rings. The Kier molecular flexibility index (Phi) is 5.11. The summed E-state index contributed by atoms with van der Waals surface area (Å²) in [6.45, 7) is 0. The van der Waals surface area contributed by atoms with Crippen LogP contribution in [-0.4, -0.2) is 27.7 Å². The van der Waals surface area contributed by atoms with Crippen molar-refractivity contribution in [3.05, 3.63) is 51.7 Å². The first kappa shape index (κ1) is 17.8. The average molecular weight is 355 g/mol. The number of nitrogens with one attached hydrogen (secondary N) is 1. The second kappa shape index (κ2) is 7.47. The first-order chi connectivity index (χ1) is 12.6. The van der Waals surface area contributed by atoms with Crippen LogP contribution in [0.5, 0.6) is 17.2 Å². The highest BCUT2D eigenvalue weighted by Gasteiger charge is 2.28. The maximum absolute atomic E-state index is 12.1. The van der Waals surface area contributed by atoms with E-state index >= 15 is 0 Å². The van der Waals surface area contributed by atoms with Crippen LogP contribution in [-0.2, 0) is 11.2 Å². The summed E-state index contributed by atoms with van der Waals surface area (Å²) < 4.78 is 16.6. The number of methoxy groups -OCH3 is 3. The topological polar surface area (TPSA) is 73.9 Å². The van der Waals surface area contributed by atoms with Crippen LogP contribution in [0.1, 0.15) is 23.6 Å². The van der Waals surface area contributed by atoms with Gasteiger partial charge in [0.05, 0.1) is 27.4 Å². The average Bonchev–Trinajstić information content (AvgIpc) is 2.91. The summed E-state index contributed by atoms with van der Waals surface area (Å²) in [6, 6.07) is 8.31. The molecule has 26 heavy (non-hydrogen) atoms. The van der Waals surface area contributed by atoms with Gasteiger partial charge in [-0.2, -0.15) is 0 Å². The van der Waals surface area contributed by atoms with E-state index in [4.69, 9.17) is 14.2 Å². The van der Waals surface area contributed by atoms with E-state index in [2.05, 4.69) is 5.32 Å². The summed E-state index contributed by atoms with van der Waals surface area (Å²) in [5.74, 6) is 1.63. The molecule has 0 aliphatic heterocycles. The minimum absolute atomic E-state index is 0.119. The lowest BCUT2D eigenvalue weighted by molar-refractivity contribution is -0.110. The Morgan fingerprint density at radius 2 is 1.85 bits per heavy atom. The molecule has 0 saturated carbocycles. The minimum atomic E-state index is -0.267. The molecule has 0 saturated heterocycles. The molecule has 0 spiro atoms. The van der Waals surface area contributed by atoms with Crippen molar-refractivity contribution in [2.24, 2.45) is 0 Å². The lowest BCUT2D eigenvalue weighted by Crippen LogP contribution is -2.20. The molecule has 1 atom stereocenters. The summed E-state index contributed by atoms with van der Waals surface area (Å²) in [5.41, 5.74) is 3.33. The van der Waals surface area contributed by atoms with Gasteiger partial charge in [0.15, 0.2) is 16.9 Å². The van der Waals surface area contributed by atoms with Crippen molar-refractivity contribution in [3.8, 4) is 28.4 Å². The first-order valence-electron chi connectivity index (χ1n) is 8.30. The fraction of sp³-hybridized carbons (Fsp3) is 0.300. The fourth-order valence-corrected chi connectivity index (χ4v) is 3.54. The molecule has 3 rings (SSSR count). The van der Waals surface area contributed by atoms with E-state index in [0.29, 0.717) is 36.5 Å². The van der Waals surface area contributed by atoms with E-state index < -0.39 is 0 Å². The molecule has 1 aliphatic rings. The molecule has 6 heteroatoms. The Bertz CT molecular complexity index is 894. The van der Waals surface area contributed by atoms with Gasteiger partial charge in [-0.05, 0) is 47.7 Å². The number of amides is 1. The minimum Gasteiger partial charge on any atom is -0.493 e. The van der Waals surface area contributed by atoms with Crippen LogP contribution in [0.25, 0.3) is 11.1 Å². The monoisotopic (exact) mass is 355 g/mol. The molecule has 0 unspecified atom stereocenters. The SMILES string of the molecule is COc1cc2c(c(OC)c1OC)-c1cccc(=O)cc1[C@@H](NC=O)CC2. The smallest absolute Gasteiger partial charge is 0.207 e. The number of rotatable bonds is 5. The highest BCUT2D eigenvalue weighted by Crippen LogP contribution is 2.49. The van der Waals surface area contributed by atoms with Crippen molar-refractivity contribution in [1.29, 1.82) is 0 Å². The van der Waals surface area contributed by atoms with E-state index in [1.807, 2.05) is 12.1 Å². The zero-order valence-electron chi connectivity index (χ0n) is 15.0. The Hall–Kier alpha value is -3.02. The van der Waals surface area contributed by atoms with Gasteiger partial charge < -0.3 is 19.5 Å². The predicted octanol–water partition coefficient (Wildman–Crippen LogP) is 2.47. The van der Waals surface area contributed by atoms with Crippen LogP contribution in [0.3, 0.4) is 0 Å². The van der Waals surface area contributed by atoms with Gasteiger partial charge in [0.1, 0.15) is 0 Å². The van der Waals surface area contributed by atoms with Gasteiger partial charge in [0.25, 0.3) is 0 Å². The van der Waals surface area contributed by atoms with Crippen molar-refractivity contribution in [2.45, 2.75) is 18.9 Å². The van der Waals surface area contributed by atoms with Gasteiger partial charge in [-0.1, -0.05) is 12.1 Å². The van der Waals surface area contributed by atoms with Gasteiger partial charge in [0, 0.05) is 5.56 Å². The summed E-state index contributed by atoms with van der Waals surface area (Å²) in [6.07, 6.45) is 2.01. The van der Waals surface area contributed by atoms with Gasteiger partial charge in [0.2, 0.25) is 12.2 Å². The predicted molar refractivity (Wildman–Crippen MR) is 98.1 cm³/mol. The molecule has 0 heterocycles. The van der Waals surface area contributed by atoms with Crippen LogP contribution < -0.4 is 25.0 Å². The van der Waals surface area contributed by atoms with Gasteiger partial charge in [-0.3, -0.25) is 9.59 Å². The van der Waals surface area contributed by atoms with Crippen molar-refractivity contribution >= 4 is 6.41 Å². The number of carbonyl (C=O) groups is 1. The van der Waals surface area contributed by atoms with Crippen molar-refractivity contribution in [2.75, 3.05) is 21.3 Å². The van der Waals surface area contributed by atoms with E-state index in [9.17, 15) is 9.59 Å². The van der Waals surface area contributed by atoms with Gasteiger partial charge in [-0.15, -0.1) is 0 Å². The van der Waals surface area contributed by atoms with Crippen LogP contribution in [0, 0.1) is 0 Å². The van der Waals surface area contributed by atoms with Crippen LogP contribution in [0.4, 0.5) is 0 Å². The Balaban J connectivity index is 2.40. The van der Waals surface area contributed by atoms with Crippen LogP contribution in [0.2, 0.25) is 0 Å². The second-order valence-electron chi connectivity index (χ2n) is 6.00. The highest BCUT2D eigenvalue weighted by atomic mass is 16.5. The molecule has 1 aliphatic carbocycles. The van der Waals surface area contributed by atoms with Gasteiger partial charge >= 0.3 is 0 Å². The first-order valence-corrected chi connectivity index (χ1v) is 8.30. The Morgan fingerprint density at radius 1 is 1.08 bits per heavy atom. The number of benzene rings is 1. The molecule has 0 aromatic heterocycles. The fourth-order valence-electron chi connectivity index (χ4n) is 3.54. The normalized spacial score (nSPS) is 15.1. The number of hydrogen-bond acceptors (Lipinski definition) is 5. The molecule has 1 N–H and O–H groups in total. The third kappa shape index (κ3) is 2.98. The molecule has 136 valence electrons.